The molecule has 0 saturated carbocycles. The summed E-state index contributed by atoms with van der Waals surface area (Å²) in [5, 5.41) is 9.18. The summed E-state index contributed by atoms with van der Waals surface area (Å²) in [4.78, 5) is 14.2. The van der Waals surface area contributed by atoms with Gasteiger partial charge in [-0.25, -0.2) is 0 Å². The van der Waals surface area contributed by atoms with Gasteiger partial charge in [0.05, 0.1) is 5.75 Å². The maximum Gasteiger partial charge on any atom is 0.316 e. The number of anilines is 1. The van der Waals surface area contributed by atoms with E-state index in [0.29, 0.717) is 5.16 Å². The number of carbonyl (C=O) groups excluding carboxylic acids is 1. The standard InChI is InChI=1S/C19H28N4O2S/c1-7-23(8-2)15-11-9-14(10-12-15)17-20-21-18(22(17)6)26-13-16(24)25-19(3,4)5/h9-12H,7-8,13H2,1-6H3. The van der Waals surface area contributed by atoms with Gasteiger partial charge in [-0.1, -0.05) is 11.8 Å². The highest BCUT2D eigenvalue weighted by Crippen LogP contribution is 2.25. The van der Waals surface area contributed by atoms with Gasteiger partial charge in [-0.15, -0.1) is 10.2 Å². The normalized spacial score (nSPS) is 11.5. The molecule has 6 nitrogen and oxygen atoms in total. The van der Waals surface area contributed by atoms with Gasteiger partial charge < -0.3 is 14.2 Å². The van der Waals surface area contributed by atoms with Crippen LogP contribution in [0.15, 0.2) is 29.4 Å². The fourth-order valence-corrected chi connectivity index (χ4v) is 3.28. The first-order valence-electron chi connectivity index (χ1n) is 8.84. The van der Waals surface area contributed by atoms with E-state index in [0.717, 1.165) is 24.5 Å². The molecule has 0 unspecified atom stereocenters. The Morgan fingerprint density at radius 1 is 1.15 bits per heavy atom. The summed E-state index contributed by atoms with van der Waals surface area (Å²) in [6, 6.07) is 8.31. The highest BCUT2D eigenvalue weighted by molar-refractivity contribution is 7.99. The number of hydrogen-bond acceptors (Lipinski definition) is 6. The lowest BCUT2D eigenvalue weighted by molar-refractivity contribution is -0.151. The van der Waals surface area contributed by atoms with Gasteiger partial charge >= 0.3 is 5.97 Å². The van der Waals surface area contributed by atoms with Crippen molar-refractivity contribution in [1.29, 1.82) is 0 Å². The first kappa shape index (κ1) is 20.3. The smallest absolute Gasteiger partial charge is 0.316 e. The molecule has 0 atom stereocenters. The Hall–Kier alpha value is -2.02. The van der Waals surface area contributed by atoms with Crippen LogP contribution in [0, 0.1) is 0 Å². The van der Waals surface area contributed by atoms with Crippen LogP contribution in [-0.4, -0.2) is 45.2 Å². The van der Waals surface area contributed by atoms with E-state index in [-0.39, 0.29) is 11.7 Å². The molecule has 0 fully saturated rings. The number of rotatable bonds is 7. The molecule has 1 heterocycles. The van der Waals surface area contributed by atoms with Crippen LogP contribution in [0.3, 0.4) is 0 Å². The van der Waals surface area contributed by atoms with Gasteiger partial charge in [0.2, 0.25) is 0 Å². The lowest BCUT2D eigenvalue weighted by Gasteiger charge is -2.21. The molecule has 0 aliphatic carbocycles. The van der Waals surface area contributed by atoms with Crippen molar-refractivity contribution in [2.75, 3.05) is 23.7 Å². The number of ether oxygens (including phenoxy) is 1. The fraction of sp³-hybridized carbons (Fsp3) is 0.526. The van der Waals surface area contributed by atoms with E-state index in [9.17, 15) is 4.79 Å². The van der Waals surface area contributed by atoms with Crippen molar-refractivity contribution in [2.24, 2.45) is 7.05 Å². The van der Waals surface area contributed by atoms with Gasteiger partial charge in [-0.05, 0) is 58.9 Å². The van der Waals surface area contributed by atoms with Crippen LogP contribution in [0.1, 0.15) is 34.6 Å². The Labute approximate surface area is 159 Å². The van der Waals surface area contributed by atoms with E-state index in [4.69, 9.17) is 4.74 Å². The zero-order valence-corrected chi connectivity index (χ0v) is 17.3. The Kier molecular flexibility index (Phi) is 6.69. The van der Waals surface area contributed by atoms with Crippen molar-refractivity contribution in [3.63, 3.8) is 0 Å². The summed E-state index contributed by atoms with van der Waals surface area (Å²) in [5.41, 5.74) is 1.72. The molecule has 142 valence electrons. The summed E-state index contributed by atoms with van der Waals surface area (Å²) in [5.74, 6) is 0.739. The van der Waals surface area contributed by atoms with Gasteiger partial charge in [0.25, 0.3) is 0 Å². The number of hydrogen-bond donors (Lipinski definition) is 0. The van der Waals surface area contributed by atoms with E-state index < -0.39 is 5.60 Å². The Morgan fingerprint density at radius 3 is 2.31 bits per heavy atom. The Morgan fingerprint density at radius 2 is 1.77 bits per heavy atom. The van der Waals surface area contributed by atoms with Crippen LogP contribution in [0.2, 0.25) is 0 Å². The van der Waals surface area contributed by atoms with Crippen molar-refractivity contribution in [1.82, 2.24) is 14.8 Å². The predicted octanol–water partition coefficient (Wildman–Crippen LogP) is 3.76. The largest absolute Gasteiger partial charge is 0.459 e. The number of thioether (sulfide) groups is 1. The first-order valence-corrected chi connectivity index (χ1v) is 9.83. The van der Waals surface area contributed by atoms with E-state index in [1.165, 1.54) is 17.4 Å². The van der Waals surface area contributed by atoms with Crippen LogP contribution >= 0.6 is 11.8 Å². The molecule has 0 aliphatic heterocycles. The topological polar surface area (TPSA) is 60.3 Å². The maximum atomic E-state index is 11.9. The summed E-state index contributed by atoms with van der Waals surface area (Å²) < 4.78 is 7.23. The molecule has 0 saturated heterocycles. The number of esters is 1. The monoisotopic (exact) mass is 376 g/mol. The molecule has 2 rings (SSSR count). The highest BCUT2D eigenvalue weighted by atomic mass is 32.2. The number of aromatic nitrogens is 3. The van der Waals surface area contributed by atoms with Crippen molar-refractivity contribution in [3.05, 3.63) is 24.3 Å². The summed E-state index contributed by atoms with van der Waals surface area (Å²) >= 11 is 1.33. The molecule has 0 N–H and O–H groups in total. The van der Waals surface area contributed by atoms with E-state index in [1.54, 1.807) is 0 Å². The van der Waals surface area contributed by atoms with Gasteiger partial charge in [-0.2, -0.15) is 0 Å². The van der Waals surface area contributed by atoms with E-state index in [1.807, 2.05) is 32.4 Å². The quantitative estimate of drug-likeness (QED) is 0.542. The Bertz CT molecular complexity index is 731. The molecule has 0 radical (unpaired) electrons. The number of nitrogens with zero attached hydrogens (tertiary/aromatic N) is 4. The van der Waals surface area contributed by atoms with Crippen molar-refractivity contribution in [3.8, 4) is 11.4 Å². The average molecular weight is 377 g/mol. The van der Waals surface area contributed by atoms with Crippen molar-refractivity contribution < 1.29 is 9.53 Å². The first-order chi connectivity index (χ1) is 12.2. The van der Waals surface area contributed by atoms with Crippen LogP contribution < -0.4 is 4.90 Å². The lowest BCUT2D eigenvalue weighted by atomic mass is 10.2. The molecule has 0 aliphatic rings. The molecule has 1 aromatic heterocycles. The zero-order chi connectivity index (χ0) is 19.3. The zero-order valence-electron chi connectivity index (χ0n) is 16.4. The third-order valence-corrected chi connectivity index (χ3v) is 4.82. The van der Waals surface area contributed by atoms with Crippen LogP contribution in [0.25, 0.3) is 11.4 Å². The van der Waals surface area contributed by atoms with E-state index in [2.05, 4.69) is 53.2 Å². The van der Waals surface area contributed by atoms with Crippen molar-refractivity contribution in [2.45, 2.75) is 45.4 Å². The van der Waals surface area contributed by atoms with Gasteiger partial charge in [0.15, 0.2) is 11.0 Å². The summed E-state index contributed by atoms with van der Waals surface area (Å²) in [6.45, 7) is 11.8. The molecular weight excluding hydrogens is 348 g/mol. The van der Waals surface area contributed by atoms with Crippen LogP contribution in [-0.2, 0) is 16.6 Å². The molecule has 0 amide bonds. The molecule has 7 heteroatoms. The lowest BCUT2D eigenvalue weighted by Crippen LogP contribution is -2.25. The average Bonchev–Trinajstić information content (AvgIpc) is 2.94. The van der Waals surface area contributed by atoms with Crippen LogP contribution in [0.4, 0.5) is 5.69 Å². The second-order valence-electron chi connectivity index (χ2n) is 6.96. The second-order valence-corrected chi connectivity index (χ2v) is 7.90. The minimum atomic E-state index is -0.477. The molecule has 2 aromatic rings. The minimum Gasteiger partial charge on any atom is -0.459 e. The van der Waals surface area contributed by atoms with E-state index >= 15 is 0 Å². The summed E-state index contributed by atoms with van der Waals surface area (Å²) in [6.07, 6.45) is 0. The third kappa shape index (κ3) is 5.24. The number of benzene rings is 1. The maximum absolute atomic E-state index is 11.9. The Balaban J connectivity index is 2.07. The van der Waals surface area contributed by atoms with Gasteiger partial charge in [-0.3, -0.25) is 4.79 Å². The van der Waals surface area contributed by atoms with Crippen LogP contribution in [0.5, 0.6) is 0 Å². The van der Waals surface area contributed by atoms with Crippen molar-refractivity contribution >= 4 is 23.4 Å². The molecule has 0 spiro atoms. The fourth-order valence-electron chi connectivity index (χ4n) is 2.60. The van der Waals surface area contributed by atoms with Gasteiger partial charge in [0.1, 0.15) is 5.60 Å². The minimum absolute atomic E-state index is 0.212. The molecular formula is C19H28N4O2S. The summed E-state index contributed by atoms with van der Waals surface area (Å²) in [7, 11) is 1.91. The predicted molar refractivity (Wildman–Crippen MR) is 107 cm³/mol. The third-order valence-electron chi connectivity index (χ3n) is 3.83. The number of carbonyl (C=O) groups is 1. The SMILES string of the molecule is CCN(CC)c1ccc(-c2nnc(SCC(=O)OC(C)(C)C)n2C)cc1. The van der Waals surface area contributed by atoms with Gasteiger partial charge in [0, 0.05) is 31.4 Å². The highest BCUT2D eigenvalue weighted by Gasteiger charge is 2.18. The molecule has 1 aromatic carbocycles. The second kappa shape index (κ2) is 8.58. The molecule has 0 bridgehead atoms. The molecule has 26 heavy (non-hydrogen) atoms.